The molecule has 0 bridgehead atoms. The Kier molecular flexibility index (Phi) is 6.24. The zero-order valence-electron chi connectivity index (χ0n) is 16.5. The van der Waals surface area contributed by atoms with Gasteiger partial charge in [0.05, 0.1) is 5.69 Å². The Bertz CT molecular complexity index is 1020. The standard InChI is InChI=1S/C23H23N3O3/c1-4-14-24-22(27)17(3)29-23(28)20-15-26(18-11-6-5-7-12-18)25-21(20)19-13-9-8-10-16(19)2/h4-13,15,17H,1,14H2,2-3H3,(H,24,27)/t17-/m0/s1. The van der Waals surface area contributed by atoms with Crippen LogP contribution in [-0.2, 0) is 9.53 Å². The molecule has 6 nitrogen and oxygen atoms in total. The molecule has 29 heavy (non-hydrogen) atoms. The van der Waals surface area contributed by atoms with Crippen molar-refractivity contribution in [3.8, 4) is 16.9 Å². The van der Waals surface area contributed by atoms with Crippen LogP contribution in [0.5, 0.6) is 0 Å². The zero-order chi connectivity index (χ0) is 20.8. The SMILES string of the molecule is C=CCNC(=O)[C@H](C)OC(=O)c1cn(-c2ccccc2)nc1-c1ccccc1C. The first-order valence-corrected chi connectivity index (χ1v) is 9.32. The Morgan fingerprint density at radius 1 is 1.17 bits per heavy atom. The number of ether oxygens (including phenoxy) is 1. The highest BCUT2D eigenvalue weighted by molar-refractivity contribution is 5.98. The average molecular weight is 389 g/mol. The fraction of sp³-hybridized carbons (Fsp3) is 0.174. The second kappa shape index (κ2) is 9.01. The molecule has 148 valence electrons. The van der Waals surface area contributed by atoms with Crippen LogP contribution in [0.25, 0.3) is 16.9 Å². The number of amides is 1. The summed E-state index contributed by atoms with van der Waals surface area (Å²) in [6.45, 7) is 7.35. The lowest BCUT2D eigenvalue weighted by molar-refractivity contribution is -0.128. The molecule has 0 aliphatic rings. The van der Waals surface area contributed by atoms with Crippen LogP contribution in [-0.4, -0.2) is 34.3 Å². The molecular weight excluding hydrogens is 366 g/mol. The molecule has 0 saturated carbocycles. The summed E-state index contributed by atoms with van der Waals surface area (Å²) in [6, 6.07) is 17.2. The first kappa shape index (κ1) is 20.1. The fourth-order valence-electron chi connectivity index (χ4n) is 2.87. The van der Waals surface area contributed by atoms with Gasteiger partial charge in [0.2, 0.25) is 0 Å². The lowest BCUT2D eigenvalue weighted by Crippen LogP contribution is -2.35. The predicted molar refractivity (Wildman–Crippen MR) is 112 cm³/mol. The van der Waals surface area contributed by atoms with Crippen molar-refractivity contribution in [2.75, 3.05) is 6.54 Å². The summed E-state index contributed by atoms with van der Waals surface area (Å²) in [4.78, 5) is 25.0. The van der Waals surface area contributed by atoms with E-state index in [4.69, 9.17) is 4.74 Å². The van der Waals surface area contributed by atoms with Gasteiger partial charge < -0.3 is 10.1 Å². The van der Waals surface area contributed by atoms with Gasteiger partial charge in [-0.25, -0.2) is 9.48 Å². The number of hydrogen-bond acceptors (Lipinski definition) is 4. The van der Waals surface area contributed by atoms with E-state index < -0.39 is 12.1 Å². The van der Waals surface area contributed by atoms with Gasteiger partial charge in [0.1, 0.15) is 11.3 Å². The number of carbonyl (C=O) groups is 2. The number of nitrogens with zero attached hydrogens (tertiary/aromatic N) is 2. The third kappa shape index (κ3) is 4.60. The molecule has 0 aliphatic carbocycles. The Morgan fingerprint density at radius 2 is 1.86 bits per heavy atom. The van der Waals surface area contributed by atoms with E-state index in [-0.39, 0.29) is 5.91 Å². The maximum absolute atomic E-state index is 12.9. The van der Waals surface area contributed by atoms with Crippen LogP contribution in [0.4, 0.5) is 0 Å². The smallest absolute Gasteiger partial charge is 0.342 e. The van der Waals surface area contributed by atoms with E-state index in [1.165, 1.54) is 6.92 Å². The summed E-state index contributed by atoms with van der Waals surface area (Å²) in [6.07, 6.45) is 2.26. The first-order chi connectivity index (χ1) is 14.0. The van der Waals surface area contributed by atoms with Gasteiger partial charge in [-0.2, -0.15) is 5.10 Å². The van der Waals surface area contributed by atoms with Crippen molar-refractivity contribution >= 4 is 11.9 Å². The van der Waals surface area contributed by atoms with Crippen molar-refractivity contribution in [3.63, 3.8) is 0 Å². The number of aryl methyl sites for hydroxylation is 1. The molecule has 1 heterocycles. The van der Waals surface area contributed by atoms with Gasteiger partial charge in [0.15, 0.2) is 6.10 Å². The van der Waals surface area contributed by atoms with E-state index in [1.54, 1.807) is 17.0 Å². The normalized spacial score (nSPS) is 11.5. The Morgan fingerprint density at radius 3 is 2.55 bits per heavy atom. The van der Waals surface area contributed by atoms with E-state index >= 15 is 0 Å². The fourth-order valence-corrected chi connectivity index (χ4v) is 2.87. The number of carbonyl (C=O) groups excluding carboxylic acids is 2. The van der Waals surface area contributed by atoms with Crippen molar-refractivity contribution in [3.05, 3.63) is 84.6 Å². The highest BCUT2D eigenvalue weighted by Crippen LogP contribution is 2.27. The lowest BCUT2D eigenvalue weighted by Gasteiger charge is -2.13. The number of esters is 1. The molecule has 3 aromatic rings. The van der Waals surface area contributed by atoms with Crippen molar-refractivity contribution < 1.29 is 14.3 Å². The minimum absolute atomic E-state index is 0.298. The number of para-hydroxylation sites is 1. The van der Waals surface area contributed by atoms with Gasteiger partial charge in [0, 0.05) is 18.3 Å². The van der Waals surface area contributed by atoms with E-state index in [0.29, 0.717) is 17.8 Å². The molecular formula is C23H23N3O3. The van der Waals surface area contributed by atoms with Gasteiger partial charge in [-0.15, -0.1) is 6.58 Å². The van der Waals surface area contributed by atoms with Gasteiger partial charge in [-0.05, 0) is 31.5 Å². The zero-order valence-corrected chi connectivity index (χ0v) is 16.5. The maximum Gasteiger partial charge on any atom is 0.342 e. The molecule has 0 aliphatic heterocycles. The van der Waals surface area contributed by atoms with E-state index in [1.807, 2.05) is 61.5 Å². The molecule has 1 aromatic heterocycles. The summed E-state index contributed by atoms with van der Waals surface area (Å²) >= 11 is 0. The van der Waals surface area contributed by atoms with Crippen LogP contribution in [0.2, 0.25) is 0 Å². The summed E-state index contributed by atoms with van der Waals surface area (Å²) < 4.78 is 7.05. The molecule has 0 spiro atoms. The Hall–Kier alpha value is -3.67. The Labute approximate surface area is 169 Å². The van der Waals surface area contributed by atoms with Gasteiger partial charge >= 0.3 is 5.97 Å². The quantitative estimate of drug-likeness (QED) is 0.494. The maximum atomic E-state index is 12.9. The number of rotatable bonds is 7. The van der Waals surface area contributed by atoms with Gasteiger partial charge in [0.25, 0.3) is 5.91 Å². The molecule has 1 amide bonds. The first-order valence-electron chi connectivity index (χ1n) is 9.32. The van der Waals surface area contributed by atoms with Gasteiger partial charge in [-0.1, -0.05) is 48.5 Å². The second-order valence-electron chi connectivity index (χ2n) is 6.57. The number of benzene rings is 2. The van der Waals surface area contributed by atoms with E-state index in [9.17, 15) is 9.59 Å². The molecule has 3 rings (SSSR count). The highest BCUT2D eigenvalue weighted by Gasteiger charge is 2.24. The van der Waals surface area contributed by atoms with Crippen molar-refractivity contribution in [2.24, 2.45) is 0 Å². The summed E-state index contributed by atoms with van der Waals surface area (Å²) in [5, 5.41) is 7.26. The Balaban J connectivity index is 1.97. The van der Waals surface area contributed by atoms with Crippen LogP contribution >= 0.6 is 0 Å². The van der Waals surface area contributed by atoms with Crippen LogP contribution in [0.3, 0.4) is 0 Å². The van der Waals surface area contributed by atoms with E-state index in [0.717, 1.165) is 16.8 Å². The van der Waals surface area contributed by atoms with Crippen LogP contribution < -0.4 is 5.32 Å². The molecule has 1 atom stereocenters. The third-order valence-corrected chi connectivity index (χ3v) is 4.43. The minimum atomic E-state index is -0.938. The average Bonchev–Trinajstić information content (AvgIpc) is 3.18. The van der Waals surface area contributed by atoms with Crippen LogP contribution in [0.15, 0.2) is 73.4 Å². The molecule has 0 unspecified atom stereocenters. The number of nitrogens with one attached hydrogen (secondary N) is 1. The monoisotopic (exact) mass is 389 g/mol. The summed E-state index contributed by atoms with van der Waals surface area (Å²) in [5.74, 6) is -0.988. The highest BCUT2D eigenvalue weighted by atomic mass is 16.5. The molecule has 0 radical (unpaired) electrons. The molecule has 6 heteroatoms. The van der Waals surface area contributed by atoms with Crippen LogP contribution in [0, 0.1) is 6.92 Å². The topological polar surface area (TPSA) is 73.2 Å². The second-order valence-corrected chi connectivity index (χ2v) is 6.57. The molecule has 0 saturated heterocycles. The number of hydrogen-bond donors (Lipinski definition) is 1. The van der Waals surface area contributed by atoms with Crippen molar-refractivity contribution in [1.29, 1.82) is 0 Å². The van der Waals surface area contributed by atoms with Gasteiger partial charge in [-0.3, -0.25) is 4.79 Å². The number of aromatic nitrogens is 2. The predicted octanol–water partition coefficient (Wildman–Crippen LogP) is 3.70. The summed E-state index contributed by atoms with van der Waals surface area (Å²) in [5.41, 5.74) is 3.44. The molecule has 1 N–H and O–H groups in total. The van der Waals surface area contributed by atoms with Crippen LogP contribution in [0.1, 0.15) is 22.8 Å². The van der Waals surface area contributed by atoms with Crippen molar-refractivity contribution in [2.45, 2.75) is 20.0 Å². The van der Waals surface area contributed by atoms with E-state index in [2.05, 4.69) is 17.0 Å². The van der Waals surface area contributed by atoms with Crippen molar-refractivity contribution in [1.82, 2.24) is 15.1 Å². The molecule has 2 aromatic carbocycles. The largest absolute Gasteiger partial charge is 0.449 e. The lowest BCUT2D eigenvalue weighted by atomic mass is 10.0. The molecule has 0 fully saturated rings. The summed E-state index contributed by atoms with van der Waals surface area (Å²) in [7, 11) is 0. The minimum Gasteiger partial charge on any atom is -0.449 e. The third-order valence-electron chi connectivity index (χ3n) is 4.43.